The highest BCUT2D eigenvalue weighted by atomic mass is 16.5. The first-order valence-corrected chi connectivity index (χ1v) is 15.3. The summed E-state index contributed by atoms with van der Waals surface area (Å²) in [4.78, 5) is 0. The minimum atomic E-state index is 0.118. The van der Waals surface area contributed by atoms with Crippen molar-refractivity contribution in [2.75, 3.05) is 0 Å². The Kier molecular flexibility index (Phi) is 6.49. The van der Waals surface area contributed by atoms with Gasteiger partial charge in [0.15, 0.2) is 6.20 Å². The van der Waals surface area contributed by atoms with E-state index in [-0.39, 0.29) is 10.8 Å². The van der Waals surface area contributed by atoms with E-state index < -0.39 is 0 Å². The largest absolute Gasteiger partial charge is 0.455 e. The van der Waals surface area contributed by atoms with Gasteiger partial charge in [0.05, 0.1) is 10.9 Å². The Bertz CT molecular complexity index is 1840. The van der Waals surface area contributed by atoms with E-state index in [1.54, 1.807) is 0 Å². The molecule has 1 aromatic heterocycles. The van der Waals surface area contributed by atoms with Crippen molar-refractivity contribution in [1.29, 1.82) is 0 Å². The zero-order valence-corrected chi connectivity index (χ0v) is 26.8. The maximum absolute atomic E-state index is 7.13. The summed E-state index contributed by atoms with van der Waals surface area (Å²) in [6.07, 6.45) is 5.32. The van der Waals surface area contributed by atoms with E-state index in [0.29, 0.717) is 5.92 Å². The third-order valence-corrected chi connectivity index (χ3v) is 8.52. The van der Waals surface area contributed by atoms with E-state index in [2.05, 4.69) is 129 Å². The smallest absolute Gasteiger partial charge is 0.228 e. The van der Waals surface area contributed by atoms with Crippen LogP contribution in [0.1, 0.15) is 77.6 Å². The Balaban J connectivity index is 1.73. The first-order chi connectivity index (χ1) is 19.2. The molecule has 5 aromatic rings. The standard InChI is InChI=1S/C39H46NO/c1-23(2)18-25-14-15-28-24(3)33-36-35-29(16-17-40(36)10)34-26(12-11-13-27(34)21-38(4,5)6)20-32(35)41-37(33)31(30(28)19-25)22-39(7,8)9/h11-17,19-20,23H,18,21-22H2,1-10H3/q+1. The van der Waals surface area contributed by atoms with Crippen molar-refractivity contribution in [2.24, 2.45) is 23.8 Å². The van der Waals surface area contributed by atoms with Gasteiger partial charge in [0.1, 0.15) is 18.5 Å². The number of aromatic nitrogens is 1. The third kappa shape index (κ3) is 4.90. The number of aryl methyl sites for hydroxylation is 2. The molecule has 6 rings (SSSR count). The molecule has 0 N–H and O–H groups in total. The van der Waals surface area contributed by atoms with Crippen LogP contribution in [0.5, 0.6) is 11.5 Å². The minimum absolute atomic E-state index is 0.118. The van der Waals surface area contributed by atoms with Gasteiger partial charge in [-0.1, -0.05) is 91.8 Å². The van der Waals surface area contributed by atoms with Crippen molar-refractivity contribution >= 4 is 32.3 Å². The van der Waals surface area contributed by atoms with Crippen LogP contribution < -0.4 is 9.30 Å². The predicted molar refractivity (Wildman–Crippen MR) is 175 cm³/mol. The van der Waals surface area contributed by atoms with Crippen molar-refractivity contribution < 1.29 is 9.30 Å². The molecule has 0 amide bonds. The van der Waals surface area contributed by atoms with Gasteiger partial charge in [-0.25, -0.2) is 4.57 Å². The van der Waals surface area contributed by atoms with Gasteiger partial charge in [-0.3, -0.25) is 0 Å². The number of pyridine rings is 1. The van der Waals surface area contributed by atoms with Gasteiger partial charge in [-0.05, 0) is 87.2 Å². The molecule has 0 atom stereocenters. The molecule has 4 aromatic carbocycles. The highest BCUT2D eigenvalue weighted by Gasteiger charge is 2.34. The average Bonchev–Trinajstić information content (AvgIpc) is 2.85. The van der Waals surface area contributed by atoms with Crippen LogP contribution in [0.4, 0.5) is 0 Å². The predicted octanol–water partition coefficient (Wildman–Crippen LogP) is 10.4. The molecule has 0 fully saturated rings. The van der Waals surface area contributed by atoms with E-state index in [4.69, 9.17) is 4.74 Å². The maximum atomic E-state index is 7.13. The normalized spacial score (nSPS) is 13.3. The lowest BCUT2D eigenvalue weighted by Crippen LogP contribution is -2.32. The van der Waals surface area contributed by atoms with Crippen LogP contribution in [0.3, 0.4) is 0 Å². The van der Waals surface area contributed by atoms with Gasteiger partial charge in [0.25, 0.3) is 0 Å². The highest BCUT2D eigenvalue weighted by molar-refractivity contribution is 6.17. The quantitative estimate of drug-likeness (QED) is 0.159. The lowest BCUT2D eigenvalue weighted by molar-refractivity contribution is -0.659. The SMILES string of the molecule is Cc1c2c(c(CC(C)(C)C)c3cc(CC(C)C)ccc13)Oc1cc3cccc(CC(C)(C)C)c3c3cc[n+](C)c-2c13. The molecule has 2 heteroatoms. The molecule has 0 spiro atoms. The van der Waals surface area contributed by atoms with E-state index in [1.807, 2.05) is 0 Å². The second-order valence-electron chi connectivity index (χ2n) is 15.3. The van der Waals surface area contributed by atoms with Crippen molar-refractivity contribution in [3.63, 3.8) is 0 Å². The molecule has 0 radical (unpaired) electrons. The first kappa shape index (κ1) is 27.8. The fourth-order valence-corrected chi connectivity index (χ4v) is 7.05. The number of nitrogens with zero attached hydrogens (tertiary/aromatic N) is 1. The molecule has 2 heterocycles. The van der Waals surface area contributed by atoms with Gasteiger partial charge in [0, 0.05) is 17.0 Å². The molecule has 2 nitrogen and oxygen atoms in total. The van der Waals surface area contributed by atoms with Crippen LogP contribution in [0, 0.1) is 23.7 Å². The monoisotopic (exact) mass is 544 g/mol. The summed E-state index contributed by atoms with van der Waals surface area (Å²) in [6.45, 7) is 20.9. The van der Waals surface area contributed by atoms with E-state index in [9.17, 15) is 0 Å². The van der Waals surface area contributed by atoms with Gasteiger partial charge in [0.2, 0.25) is 5.69 Å². The Hall–Kier alpha value is -3.39. The second-order valence-corrected chi connectivity index (χ2v) is 15.3. The lowest BCUT2D eigenvalue weighted by atomic mass is 9.80. The molecule has 0 saturated heterocycles. The summed E-state index contributed by atoms with van der Waals surface area (Å²) in [5.41, 5.74) is 8.30. The van der Waals surface area contributed by atoms with Gasteiger partial charge < -0.3 is 4.74 Å². The Morgan fingerprint density at radius 1 is 0.805 bits per heavy atom. The summed E-state index contributed by atoms with van der Waals surface area (Å²) in [6, 6.07) is 18.5. The molecule has 1 aliphatic heterocycles. The first-order valence-electron chi connectivity index (χ1n) is 15.3. The number of hydrogen-bond acceptors (Lipinski definition) is 1. The summed E-state index contributed by atoms with van der Waals surface area (Å²) < 4.78 is 9.44. The molecule has 0 bridgehead atoms. The van der Waals surface area contributed by atoms with E-state index in [0.717, 1.165) is 30.8 Å². The Labute approximate surface area is 246 Å². The van der Waals surface area contributed by atoms with Gasteiger partial charge >= 0.3 is 0 Å². The number of rotatable bonds is 4. The second kappa shape index (κ2) is 9.58. The fourth-order valence-electron chi connectivity index (χ4n) is 7.05. The fraction of sp³-hybridized carbons (Fsp3) is 0.410. The molecule has 1 aliphatic rings. The van der Waals surface area contributed by atoms with Crippen LogP contribution >= 0.6 is 0 Å². The molecule has 0 unspecified atom stereocenters. The van der Waals surface area contributed by atoms with Crippen molar-refractivity contribution in [3.8, 4) is 22.8 Å². The molecular formula is C39H46NO+. The number of ether oxygens (including phenoxy) is 1. The van der Waals surface area contributed by atoms with Crippen LogP contribution in [-0.4, -0.2) is 0 Å². The highest BCUT2D eigenvalue weighted by Crippen LogP contribution is 2.53. The lowest BCUT2D eigenvalue weighted by Gasteiger charge is -2.29. The molecular weight excluding hydrogens is 498 g/mol. The Morgan fingerprint density at radius 3 is 2.22 bits per heavy atom. The average molecular weight is 545 g/mol. The van der Waals surface area contributed by atoms with Crippen LogP contribution in [0.25, 0.3) is 43.6 Å². The molecule has 212 valence electrons. The zero-order valence-electron chi connectivity index (χ0n) is 26.8. The van der Waals surface area contributed by atoms with Crippen molar-refractivity contribution in [1.82, 2.24) is 0 Å². The molecule has 41 heavy (non-hydrogen) atoms. The van der Waals surface area contributed by atoms with E-state index in [1.165, 1.54) is 65.8 Å². The number of fused-ring (bicyclic) bond motifs is 5. The maximum Gasteiger partial charge on any atom is 0.228 e. The Morgan fingerprint density at radius 2 is 1.54 bits per heavy atom. The van der Waals surface area contributed by atoms with Gasteiger partial charge in [-0.2, -0.15) is 0 Å². The van der Waals surface area contributed by atoms with Crippen LogP contribution in [0.15, 0.2) is 54.7 Å². The number of benzene rings is 4. The van der Waals surface area contributed by atoms with E-state index >= 15 is 0 Å². The van der Waals surface area contributed by atoms with Crippen molar-refractivity contribution in [2.45, 2.75) is 81.6 Å². The van der Waals surface area contributed by atoms with Gasteiger partial charge in [-0.15, -0.1) is 0 Å². The zero-order chi connectivity index (χ0) is 29.4. The number of hydrogen-bond donors (Lipinski definition) is 0. The third-order valence-electron chi connectivity index (χ3n) is 8.52. The molecule has 0 saturated carbocycles. The summed E-state index contributed by atoms with van der Waals surface area (Å²) in [5, 5.41) is 7.83. The summed E-state index contributed by atoms with van der Waals surface area (Å²) >= 11 is 0. The van der Waals surface area contributed by atoms with Crippen LogP contribution in [-0.2, 0) is 26.3 Å². The minimum Gasteiger partial charge on any atom is -0.455 e. The summed E-state index contributed by atoms with van der Waals surface area (Å²) in [7, 11) is 2.19. The summed E-state index contributed by atoms with van der Waals surface area (Å²) in [5.74, 6) is 2.65. The van der Waals surface area contributed by atoms with Crippen molar-refractivity contribution in [3.05, 3.63) is 77.0 Å². The molecule has 0 aliphatic carbocycles. The van der Waals surface area contributed by atoms with Crippen LogP contribution in [0.2, 0.25) is 0 Å². The topological polar surface area (TPSA) is 13.1 Å².